The van der Waals surface area contributed by atoms with Crippen LogP contribution in [0.25, 0.3) is 0 Å². The summed E-state index contributed by atoms with van der Waals surface area (Å²) < 4.78 is 5.67. The molecule has 0 bridgehead atoms. The number of hydrogen-bond donors (Lipinski definition) is 2. The van der Waals surface area contributed by atoms with Crippen molar-refractivity contribution in [3.63, 3.8) is 0 Å². The molecule has 5 nitrogen and oxygen atoms in total. The molecule has 1 aliphatic rings. The number of rotatable bonds is 6. The molecule has 2 N–H and O–H groups in total. The van der Waals surface area contributed by atoms with Crippen molar-refractivity contribution in [1.29, 1.82) is 0 Å². The molecule has 1 atom stereocenters. The van der Waals surface area contributed by atoms with E-state index in [0.29, 0.717) is 6.10 Å². The fourth-order valence-corrected chi connectivity index (χ4v) is 1.99. The first-order valence-corrected chi connectivity index (χ1v) is 6.80. The maximum absolute atomic E-state index is 5.67. The van der Waals surface area contributed by atoms with Gasteiger partial charge in [-0.15, -0.1) is 0 Å². The number of nitrogens with zero attached hydrogens (tertiary/aromatic N) is 2. The maximum atomic E-state index is 5.67. The molecule has 0 saturated carbocycles. The van der Waals surface area contributed by atoms with Crippen molar-refractivity contribution >= 4 is 11.6 Å². The number of aromatic nitrogens is 2. The second-order valence-electron chi connectivity index (χ2n) is 4.58. The molecule has 5 heteroatoms. The highest BCUT2D eigenvalue weighted by atomic mass is 16.5. The van der Waals surface area contributed by atoms with Crippen molar-refractivity contribution in [2.45, 2.75) is 38.7 Å². The van der Waals surface area contributed by atoms with Crippen LogP contribution in [-0.4, -0.2) is 35.8 Å². The van der Waals surface area contributed by atoms with Crippen molar-refractivity contribution in [3.8, 4) is 0 Å². The second kappa shape index (κ2) is 7.16. The van der Waals surface area contributed by atoms with E-state index in [1.54, 1.807) is 6.33 Å². The zero-order valence-electron chi connectivity index (χ0n) is 11.0. The van der Waals surface area contributed by atoms with Crippen LogP contribution in [0.4, 0.5) is 11.6 Å². The van der Waals surface area contributed by atoms with Crippen molar-refractivity contribution in [3.05, 3.63) is 12.4 Å². The Hall–Kier alpha value is -1.36. The molecule has 0 amide bonds. The average Bonchev–Trinajstić information content (AvgIpc) is 2.44. The summed E-state index contributed by atoms with van der Waals surface area (Å²) in [7, 11) is 0. The lowest BCUT2D eigenvalue weighted by Crippen LogP contribution is -2.27. The van der Waals surface area contributed by atoms with Gasteiger partial charge in [-0.25, -0.2) is 9.97 Å². The molecule has 2 rings (SSSR count). The van der Waals surface area contributed by atoms with Gasteiger partial charge in [-0.05, 0) is 25.7 Å². The van der Waals surface area contributed by atoms with Crippen molar-refractivity contribution < 1.29 is 4.74 Å². The van der Waals surface area contributed by atoms with E-state index in [-0.39, 0.29) is 0 Å². The molecule has 0 aliphatic carbocycles. The largest absolute Gasteiger partial charge is 0.376 e. The van der Waals surface area contributed by atoms with Crippen LogP contribution in [-0.2, 0) is 4.74 Å². The van der Waals surface area contributed by atoms with Gasteiger partial charge in [0.05, 0.1) is 6.10 Å². The van der Waals surface area contributed by atoms with E-state index in [2.05, 4.69) is 27.5 Å². The first-order valence-electron chi connectivity index (χ1n) is 6.80. The molecule has 0 radical (unpaired) electrons. The van der Waals surface area contributed by atoms with E-state index in [9.17, 15) is 0 Å². The molecule has 2 heterocycles. The molecule has 0 aromatic carbocycles. The molecule has 1 aromatic heterocycles. The average molecular weight is 250 g/mol. The van der Waals surface area contributed by atoms with Crippen LogP contribution >= 0.6 is 0 Å². The second-order valence-corrected chi connectivity index (χ2v) is 4.58. The Morgan fingerprint density at radius 3 is 2.83 bits per heavy atom. The van der Waals surface area contributed by atoms with Gasteiger partial charge < -0.3 is 15.4 Å². The minimum Gasteiger partial charge on any atom is -0.376 e. The lowest BCUT2D eigenvalue weighted by molar-refractivity contribution is 0.0247. The summed E-state index contributed by atoms with van der Waals surface area (Å²) in [5.41, 5.74) is 0. The van der Waals surface area contributed by atoms with Gasteiger partial charge in [-0.2, -0.15) is 0 Å². The molecule has 18 heavy (non-hydrogen) atoms. The third kappa shape index (κ3) is 4.14. The Morgan fingerprint density at radius 1 is 1.28 bits per heavy atom. The van der Waals surface area contributed by atoms with Crippen LogP contribution in [0.2, 0.25) is 0 Å². The summed E-state index contributed by atoms with van der Waals surface area (Å²) in [6.07, 6.45) is 6.58. The Balaban J connectivity index is 1.80. The lowest BCUT2D eigenvalue weighted by atomic mass is 10.1. The van der Waals surface area contributed by atoms with Gasteiger partial charge in [0.15, 0.2) is 0 Å². The fourth-order valence-electron chi connectivity index (χ4n) is 1.99. The first-order chi connectivity index (χ1) is 8.88. The van der Waals surface area contributed by atoms with Gasteiger partial charge in [0.1, 0.15) is 18.0 Å². The smallest absolute Gasteiger partial charge is 0.131 e. The molecule has 1 fully saturated rings. The quantitative estimate of drug-likeness (QED) is 0.811. The molecular weight excluding hydrogens is 228 g/mol. The SMILES string of the molecule is CCCNc1cc(NCC2CCCCO2)ncn1. The van der Waals surface area contributed by atoms with Gasteiger partial charge in [0.2, 0.25) is 0 Å². The van der Waals surface area contributed by atoms with E-state index in [1.165, 1.54) is 12.8 Å². The molecule has 100 valence electrons. The van der Waals surface area contributed by atoms with Crippen LogP contribution in [0.15, 0.2) is 12.4 Å². The van der Waals surface area contributed by atoms with Crippen LogP contribution in [0.5, 0.6) is 0 Å². The van der Waals surface area contributed by atoms with Gasteiger partial charge in [-0.1, -0.05) is 6.92 Å². The van der Waals surface area contributed by atoms with Gasteiger partial charge in [0.25, 0.3) is 0 Å². The van der Waals surface area contributed by atoms with Crippen LogP contribution in [0, 0.1) is 0 Å². The van der Waals surface area contributed by atoms with Crippen molar-refractivity contribution in [2.75, 3.05) is 30.3 Å². The summed E-state index contributed by atoms with van der Waals surface area (Å²) in [4.78, 5) is 8.39. The van der Waals surface area contributed by atoms with Crippen molar-refractivity contribution in [2.24, 2.45) is 0 Å². The molecule has 1 unspecified atom stereocenters. The summed E-state index contributed by atoms with van der Waals surface area (Å²) in [5, 5.41) is 6.57. The number of nitrogens with one attached hydrogen (secondary N) is 2. The molecule has 1 aliphatic heterocycles. The zero-order chi connectivity index (χ0) is 12.6. The Morgan fingerprint density at radius 2 is 2.11 bits per heavy atom. The van der Waals surface area contributed by atoms with Gasteiger partial charge >= 0.3 is 0 Å². The normalized spacial score (nSPS) is 19.5. The Bertz CT molecular complexity index is 353. The van der Waals surface area contributed by atoms with E-state index in [1.807, 2.05) is 6.07 Å². The standard InChI is InChI=1S/C13H22N4O/c1-2-6-14-12-8-13(17-10-16-12)15-9-11-5-3-4-7-18-11/h8,10-11H,2-7,9H2,1H3,(H2,14,15,16,17). The molecular formula is C13H22N4O. The molecule has 1 aromatic rings. The maximum Gasteiger partial charge on any atom is 0.131 e. The highest BCUT2D eigenvalue weighted by Crippen LogP contribution is 2.14. The van der Waals surface area contributed by atoms with Crippen LogP contribution in [0.1, 0.15) is 32.6 Å². The summed E-state index contributed by atoms with van der Waals surface area (Å²) in [6, 6.07) is 1.94. The third-order valence-electron chi connectivity index (χ3n) is 3.01. The predicted molar refractivity (Wildman–Crippen MR) is 72.9 cm³/mol. The van der Waals surface area contributed by atoms with E-state index >= 15 is 0 Å². The number of anilines is 2. The van der Waals surface area contributed by atoms with E-state index < -0.39 is 0 Å². The topological polar surface area (TPSA) is 59.1 Å². The first kappa shape index (κ1) is 13.1. The van der Waals surface area contributed by atoms with Gasteiger partial charge in [0, 0.05) is 25.8 Å². The Labute approximate surface area is 108 Å². The van der Waals surface area contributed by atoms with Crippen LogP contribution < -0.4 is 10.6 Å². The van der Waals surface area contributed by atoms with E-state index in [4.69, 9.17) is 4.74 Å². The van der Waals surface area contributed by atoms with Crippen LogP contribution in [0.3, 0.4) is 0 Å². The lowest BCUT2D eigenvalue weighted by Gasteiger charge is -2.22. The fraction of sp³-hybridized carbons (Fsp3) is 0.692. The predicted octanol–water partition coefficient (Wildman–Crippen LogP) is 2.28. The summed E-state index contributed by atoms with van der Waals surface area (Å²) >= 11 is 0. The molecule has 0 spiro atoms. The summed E-state index contributed by atoms with van der Waals surface area (Å²) in [5.74, 6) is 1.73. The van der Waals surface area contributed by atoms with Crippen molar-refractivity contribution in [1.82, 2.24) is 9.97 Å². The minimum atomic E-state index is 0.320. The Kier molecular flexibility index (Phi) is 5.20. The zero-order valence-corrected chi connectivity index (χ0v) is 11.0. The monoisotopic (exact) mass is 250 g/mol. The van der Waals surface area contributed by atoms with E-state index in [0.717, 1.165) is 44.2 Å². The third-order valence-corrected chi connectivity index (χ3v) is 3.01. The highest BCUT2D eigenvalue weighted by molar-refractivity contribution is 5.46. The highest BCUT2D eigenvalue weighted by Gasteiger charge is 2.13. The molecule has 1 saturated heterocycles. The summed E-state index contributed by atoms with van der Waals surface area (Å²) in [6.45, 7) is 4.78. The number of hydrogen-bond acceptors (Lipinski definition) is 5. The number of ether oxygens (including phenoxy) is 1. The van der Waals surface area contributed by atoms with Gasteiger partial charge in [-0.3, -0.25) is 0 Å². The minimum absolute atomic E-state index is 0.320.